The van der Waals surface area contributed by atoms with Crippen molar-refractivity contribution in [3.8, 4) is 0 Å². The highest BCUT2D eigenvalue weighted by Crippen LogP contribution is 2.11. The zero-order valence-electron chi connectivity index (χ0n) is 10.9. The van der Waals surface area contributed by atoms with E-state index < -0.39 is 11.9 Å². The number of anilines is 1. The van der Waals surface area contributed by atoms with Gasteiger partial charge < -0.3 is 10.1 Å². The molecular weight excluding hydrogens is 230 g/mol. The number of esters is 1. The molecule has 1 aromatic carbocycles. The molecule has 1 amide bonds. The van der Waals surface area contributed by atoms with E-state index in [0.717, 1.165) is 19.3 Å². The number of amides is 1. The first-order valence-electron chi connectivity index (χ1n) is 6.24. The molecule has 0 aliphatic rings. The van der Waals surface area contributed by atoms with Crippen molar-refractivity contribution in [3.63, 3.8) is 0 Å². The van der Waals surface area contributed by atoms with Crippen LogP contribution in [0.15, 0.2) is 24.3 Å². The van der Waals surface area contributed by atoms with Gasteiger partial charge in [-0.3, -0.25) is 4.79 Å². The van der Waals surface area contributed by atoms with E-state index in [9.17, 15) is 9.59 Å². The summed E-state index contributed by atoms with van der Waals surface area (Å²) in [7, 11) is 0. The Morgan fingerprint density at radius 3 is 2.39 bits per heavy atom. The molecule has 0 spiro atoms. The molecule has 0 radical (unpaired) electrons. The summed E-state index contributed by atoms with van der Waals surface area (Å²) in [6.07, 6.45) is 3.33. The Labute approximate surface area is 107 Å². The summed E-state index contributed by atoms with van der Waals surface area (Å²) in [5.41, 5.74) is 1.83. The van der Waals surface area contributed by atoms with Crippen LogP contribution in [0.25, 0.3) is 0 Å². The monoisotopic (exact) mass is 249 g/mol. The zero-order chi connectivity index (χ0) is 13.4. The van der Waals surface area contributed by atoms with Crippen LogP contribution in [0.1, 0.15) is 32.3 Å². The van der Waals surface area contributed by atoms with Gasteiger partial charge in [-0.25, -0.2) is 4.79 Å². The zero-order valence-corrected chi connectivity index (χ0v) is 10.9. The quantitative estimate of drug-likeness (QED) is 0.644. The van der Waals surface area contributed by atoms with Crippen molar-refractivity contribution < 1.29 is 14.3 Å². The number of carbonyl (C=O) groups excluding carboxylic acids is 2. The Balaban J connectivity index is 2.52. The number of rotatable bonds is 5. The number of unbranched alkanes of at least 4 members (excludes halogenated alkanes) is 1. The fraction of sp³-hybridized carbons (Fsp3) is 0.429. The fourth-order valence-corrected chi connectivity index (χ4v) is 1.51. The third-order valence-corrected chi connectivity index (χ3v) is 2.49. The van der Waals surface area contributed by atoms with Gasteiger partial charge in [0.15, 0.2) is 0 Å². The molecule has 18 heavy (non-hydrogen) atoms. The van der Waals surface area contributed by atoms with E-state index in [1.165, 1.54) is 5.56 Å². The first-order chi connectivity index (χ1) is 8.67. The molecule has 1 rings (SSSR count). The standard InChI is InChI=1S/C14H19NO3/c1-3-5-6-11-7-9-12(10-8-11)15-13(16)14(17)18-4-2/h7-10H,3-6H2,1-2H3,(H,15,16). The lowest BCUT2D eigenvalue weighted by Crippen LogP contribution is -2.24. The van der Waals surface area contributed by atoms with E-state index in [-0.39, 0.29) is 6.61 Å². The van der Waals surface area contributed by atoms with E-state index in [1.54, 1.807) is 19.1 Å². The predicted octanol–water partition coefficient (Wildman–Crippen LogP) is 2.53. The minimum absolute atomic E-state index is 0.197. The number of aryl methyl sites for hydroxylation is 1. The van der Waals surface area contributed by atoms with Crippen LogP contribution < -0.4 is 5.32 Å². The molecule has 0 aromatic heterocycles. The van der Waals surface area contributed by atoms with Gasteiger partial charge in [-0.2, -0.15) is 0 Å². The normalized spacial score (nSPS) is 9.89. The van der Waals surface area contributed by atoms with Crippen LogP contribution in [0.3, 0.4) is 0 Å². The van der Waals surface area contributed by atoms with Gasteiger partial charge in [0.05, 0.1) is 6.61 Å². The van der Waals surface area contributed by atoms with Crippen molar-refractivity contribution in [2.24, 2.45) is 0 Å². The molecule has 0 unspecified atom stereocenters. The first kappa shape index (κ1) is 14.2. The lowest BCUT2D eigenvalue weighted by Gasteiger charge is -2.05. The molecule has 4 heteroatoms. The van der Waals surface area contributed by atoms with E-state index in [4.69, 9.17) is 0 Å². The van der Waals surface area contributed by atoms with Crippen molar-refractivity contribution in [3.05, 3.63) is 29.8 Å². The number of carbonyl (C=O) groups is 2. The van der Waals surface area contributed by atoms with Crippen LogP contribution in [-0.2, 0) is 20.7 Å². The SMILES string of the molecule is CCCCc1ccc(NC(=O)C(=O)OCC)cc1. The smallest absolute Gasteiger partial charge is 0.397 e. The molecule has 4 nitrogen and oxygen atoms in total. The summed E-state index contributed by atoms with van der Waals surface area (Å²) >= 11 is 0. The Morgan fingerprint density at radius 1 is 1.17 bits per heavy atom. The van der Waals surface area contributed by atoms with Crippen LogP contribution in [0.5, 0.6) is 0 Å². The van der Waals surface area contributed by atoms with Crippen LogP contribution in [0.2, 0.25) is 0 Å². The fourth-order valence-electron chi connectivity index (χ4n) is 1.51. The summed E-state index contributed by atoms with van der Waals surface area (Å²) in [5, 5.41) is 2.50. The van der Waals surface area contributed by atoms with Crippen molar-refractivity contribution >= 4 is 17.6 Å². The molecule has 0 atom stereocenters. The van der Waals surface area contributed by atoms with Gasteiger partial charge in [-0.15, -0.1) is 0 Å². The maximum atomic E-state index is 11.4. The highest BCUT2D eigenvalue weighted by atomic mass is 16.5. The highest BCUT2D eigenvalue weighted by Gasteiger charge is 2.14. The molecule has 0 fully saturated rings. The molecule has 0 aliphatic carbocycles. The van der Waals surface area contributed by atoms with Crippen molar-refractivity contribution in [1.82, 2.24) is 0 Å². The van der Waals surface area contributed by atoms with Crippen LogP contribution in [0, 0.1) is 0 Å². The highest BCUT2D eigenvalue weighted by molar-refractivity contribution is 6.37. The minimum atomic E-state index is -0.854. The topological polar surface area (TPSA) is 55.4 Å². The number of hydrogen-bond donors (Lipinski definition) is 1. The number of hydrogen-bond acceptors (Lipinski definition) is 3. The second kappa shape index (κ2) is 7.48. The Hall–Kier alpha value is -1.84. The molecule has 0 aliphatic heterocycles. The minimum Gasteiger partial charge on any atom is -0.459 e. The molecule has 0 heterocycles. The second-order valence-electron chi connectivity index (χ2n) is 3.98. The largest absolute Gasteiger partial charge is 0.459 e. The average molecular weight is 249 g/mol. The van der Waals surface area contributed by atoms with Crippen LogP contribution in [-0.4, -0.2) is 18.5 Å². The van der Waals surface area contributed by atoms with Crippen LogP contribution >= 0.6 is 0 Å². The second-order valence-corrected chi connectivity index (χ2v) is 3.98. The third kappa shape index (κ3) is 4.57. The number of ether oxygens (including phenoxy) is 1. The molecule has 0 saturated heterocycles. The Morgan fingerprint density at radius 2 is 1.83 bits per heavy atom. The molecule has 1 N–H and O–H groups in total. The summed E-state index contributed by atoms with van der Waals surface area (Å²) in [5.74, 6) is -1.59. The summed E-state index contributed by atoms with van der Waals surface area (Å²) < 4.78 is 4.60. The van der Waals surface area contributed by atoms with E-state index >= 15 is 0 Å². The number of benzene rings is 1. The molecule has 0 bridgehead atoms. The molecular formula is C14H19NO3. The Bertz CT molecular complexity index is 398. The first-order valence-corrected chi connectivity index (χ1v) is 6.24. The summed E-state index contributed by atoms with van der Waals surface area (Å²) in [4.78, 5) is 22.5. The van der Waals surface area contributed by atoms with Crippen molar-refractivity contribution in [1.29, 1.82) is 0 Å². The average Bonchev–Trinajstić information content (AvgIpc) is 2.38. The lowest BCUT2D eigenvalue weighted by atomic mass is 10.1. The van der Waals surface area contributed by atoms with Crippen molar-refractivity contribution in [2.45, 2.75) is 33.1 Å². The predicted molar refractivity (Wildman–Crippen MR) is 70.3 cm³/mol. The van der Waals surface area contributed by atoms with Gasteiger partial charge in [0.25, 0.3) is 0 Å². The number of nitrogens with one attached hydrogen (secondary N) is 1. The van der Waals surface area contributed by atoms with Gasteiger partial charge in [-0.05, 0) is 37.5 Å². The van der Waals surface area contributed by atoms with E-state index in [2.05, 4.69) is 17.0 Å². The van der Waals surface area contributed by atoms with Gasteiger partial charge in [0.1, 0.15) is 0 Å². The lowest BCUT2D eigenvalue weighted by molar-refractivity contribution is -0.152. The Kier molecular flexibility index (Phi) is 5.91. The van der Waals surface area contributed by atoms with Crippen LogP contribution in [0.4, 0.5) is 5.69 Å². The molecule has 0 saturated carbocycles. The van der Waals surface area contributed by atoms with Gasteiger partial charge in [0.2, 0.25) is 0 Å². The molecule has 98 valence electrons. The summed E-state index contributed by atoms with van der Waals surface area (Å²) in [6.45, 7) is 4.00. The van der Waals surface area contributed by atoms with Gasteiger partial charge >= 0.3 is 11.9 Å². The summed E-state index contributed by atoms with van der Waals surface area (Å²) in [6, 6.07) is 7.50. The maximum absolute atomic E-state index is 11.4. The van der Waals surface area contributed by atoms with Crippen molar-refractivity contribution in [2.75, 3.05) is 11.9 Å². The third-order valence-electron chi connectivity index (χ3n) is 2.49. The van der Waals surface area contributed by atoms with Gasteiger partial charge in [0, 0.05) is 5.69 Å². The maximum Gasteiger partial charge on any atom is 0.397 e. The molecule has 1 aromatic rings. The van der Waals surface area contributed by atoms with E-state index in [1.807, 2.05) is 12.1 Å². The van der Waals surface area contributed by atoms with E-state index in [0.29, 0.717) is 5.69 Å². The van der Waals surface area contributed by atoms with Gasteiger partial charge in [-0.1, -0.05) is 25.5 Å².